The third-order valence-electron chi connectivity index (χ3n) is 7.10. The topological polar surface area (TPSA) is 141 Å². The van der Waals surface area contributed by atoms with E-state index in [9.17, 15) is 13.2 Å². The molecule has 13 nitrogen and oxygen atoms in total. The molecule has 2 aromatic carbocycles. The van der Waals surface area contributed by atoms with Crippen LogP contribution in [0.25, 0.3) is 5.95 Å². The first-order valence-electron chi connectivity index (χ1n) is 13.5. The summed E-state index contributed by atoms with van der Waals surface area (Å²) in [7, 11) is 0.555. The average Bonchev–Trinajstić information content (AvgIpc) is 3.58. The second-order valence-corrected chi connectivity index (χ2v) is 11.7. The number of carbonyl (C=O) groups excluding carboxylic acids is 1. The van der Waals surface area contributed by atoms with Gasteiger partial charge in [-0.25, -0.2) is 18.4 Å². The fourth-order valence-corrected chi connectivity index (χ4v) is 6.42. The normalized spacial score (nSPS) is 15.6. The van der Waals surface area contributed by atoms with Gasteiger partial charge < -0.3 is 24.4 Å². The van der Waals surface area contributed by atoms with Gasteiger partial charge in [-0.15, -0.1) is 0 Å². The van der Waals surface area contributed by atoms with Crippen molar-refractivity contribution in [2.24, 2.45) is 0 Å². The van der Waals surface area contributed by atoms with Crippen LogP contribution in [0.1, 0.15) is 11.3 Å². The lowest BCUT2D eigenvalue weighted by atomic mass is 10.1. The number of hydrogen-bond acceptors (Lipinski definition) is 10. The molecule has 1 atom stereocenters. The van der Waals surface area contributed by atoms with Crippen molar-refractivity contribution in [2.45, 2.75) is 24.4 Å². The van der Waals surface area contributed by atoms with Gasteiger partial charge in [0, 0.05) is 50.3 Å². The first-order valence-corrected chi connectivity index (χ1v) is 14.9. The Morgan fingerprint density at radius 1 is 0.977 bits per heavy atom. The molecule has 1 N–H and O–H groups in total. The predicted molar refractivity (Wildman–Crippen MR) is 158 cm³/mol. The van der Waals surface area contributed by atoms with Crippen molar-refractivity contribution in [3.8, 4) is 23.2 Å². The van der Waals surface area contributed by atoms with Crippen molar-refractivity contribution >= 4 is 21.7 Å². The first kappa shape index (κ1) is 29.8. The van der Waals surface area contributed by atoms with E-state index in [0.717, 1.165) is 11.3 Å². The number of aromatic nitrogens is 4. The first-order chi connectivity index (χ1) is 20.7. The van der Waals surface area contributed by atoms with Gasteiger partial charge in [-0.2, -0.15) is 9.29 Å². The molecule has 3 heterocycles. The highest BCUT2D eigenvalue weighted by atomic mass is 32.2. The van der Waals surface area contributed by atoms with E-state index < -0.39 is 22.0 Å². The molecule has 1 unspecified atom stereocenters. The maximum atomic E-state index is 13.9. The summed E-state index contributed by atoms with van der Waals surface area (Å²) >= 11 is 0. The maximum absolute atomic E-state index is 13.9. The third kappa shape index (κ3) is 6.39. The van der Waals surface area contributed by atoms with E-state index >= 15 is 0 Å². The van der Waals surface area contributed by atoms with Crippen molar-refractivity contribution in [3.05, 3.63) is 78.5 Å². The van der Waals surface area contributed by atoms with Gasteiger partial charge in [-0.05, 0) is 48.9 Å². The lowest BCUT2D eigenvalue weighted by Gasteiger charge is -2.40. The van der Waals surface area contributed by atoms with Gasteiger partial charge in [0.2, 0.25) is 21.9 Å². The minimum Gasteiger partial charge on any atom is -0.497 e. The highest BCUT2D eigenvalue weighted by Crippen LogP contribution is 2.28. The van der Waals surface area contributed by atoms with E-state index in [2.05, 4.69) is 20.3 Å². The Balaban J connectivity index is 1.44. The number of nitrogens with one attached hydrogen (secondary N) is 1. The zero-order valence-electron chi connectivity index (χ0n) is 24.3. The van der Waals surface area contributed by atoms with Gasteiger partial charge in [0.05, 0.1) is 26.2 Å². The molecule has 0 saturated carbocycles. The largest absolute Gasteiger partial charge is 0.497 e. The molecule has 0 spiro atoms. The zero-order chi connectivity index (χ0) is 30.6. The fraction of sp³-hybridized carbons (Fsp3) is 0.310. The molecule has 4 aromatic rings. The molecule has 0 bridgehead atoms. The molecular weight excluding hydrogens is 574 g/mol. The van der Waals surface area contributed by atoms with Crippen LogP contribution in [0, 0.1) is 6.92 Å². The van der Waals surface area contributed by atoms with Gasteiger partial charge in [0.25, 0.3) is 0 Å². The van der Waals surface area contributed by atoms with Crippen LogP contribution in [0.4, 0.5) is 5.82 Å². The molecule has 43 heavy (non-hydrogen) atoms. The summed E-state index contributed by atoms with van der Waals surface area (Å²) in [6.45, 7) is 2.46. The molecule has 1 aliphatic rings. The molecule has 226 valence electrons. The van der Waals surface area contributed by atoms with Crippen LogP contribution in [0.5, 0.6) is 17.2 Å². The van der Waals surface area contributed by atoms with Crippen molar-refractivity contribution < 1.29 is 27.4 Å². The monoisotopic (exact) mass is 607 g/mol. The zero-order valence-corrected chi connectivity index (χ0v) is 25.1. The maximum Gasteiger partial charge on any atom is 0.243 e. The Hall–Kier alpha value is -4.69. The number of anilines is 1. The highest BCUT2D eigenvalue weighted by Gasteiger charge is 2.40. The number of sulfonamides is 1. The number of nitrogens with zero attached hydrogens (tertiary/aromatic N) is 6. The second-order valence-electron chi connectivity index (χ2n) is 9.80. The SMILES string of the molecule is COc1ccc(S(=O)(=O)N2CCN(c3cc(C)nc(-n4ccnc4)n3)CC2C(=O)NCc2ccc(OC)c(OC)c2)cc1. The Morgan fingerprint density at radius 3 is 2.42 bits per heavy atom. The number of aryl methyl sites for hydroxylation is 1. The van der Waals surface area contributed by atoms with Crippen LogP contribution in [-0.4, -0.2) is 85.2 Å². The average molecular weight is 608 g/mol. The number of benzene rings is 2. The molecule has 5 rings (SSSR count). The Bertz CT molecular complexity index is 1680. The molecule has 0 aliphatic carbocycles. The van der Waals surface area contributed by atoms with Crippen LogP contribution in [-0.2, 0) is 21.4 Å². The fourth-order valence-electron chi connectivity index (χ4n) is 4.85. The van der Waals surface area contributed by atoms with E-state index in [4.69, 9.17) is 14.2 Å². The second kappa shape index (κ2) is 12.7. The molecule has 1 aliphatic heterocycles. The predicted octanol–water partition coefficient (Wildman–Crippen LogP) is 2.19. The number of hydrogen-bond donors (Lipinski definition) is 1. The van der Waals surface area contributed by atoms with Crippen molar-refractivity contribution in [1.82, 2.24) is 29.1 Å². The number of piperazine rings is 1. The van der Waals surface area contributed by atoms with Crippen LogP contribution >= 0.6 is 0 Å². The van der Waals surface area contributed by atoms with E-state index in [1.165, 1.54) is 30.7 Å². The summed E-state index contributed by atoms with van der Waals surface area (Å²) in [5, 5.41) is 2.91. The van der Waals surface area contributed by atoms with Crippen LogP contribution < -0.4 is 24.4 Å². The quantitative estimate of drug-likeness (QED) is 0.285. The van der Waals surface area contributed by atoms with Crippen molar-refractivity contribution in [1.29, 1.82) is 0 Å². The summed E-state index contributed by atoms with van der Waals surface area (Å²) in [6.07, 6.45) is 4.97. The summed E-state index contributed by atoms with van der Waals surface area (Å²) in [4.78, 5) is 29.0. The standard InChI is InChI=1S/C29H33N7O6S/c1-20-15-27(33-29(32-20)35-12-11-30-19-35)34-13-14-36(43(38,39)23-8-6-22(40-2)7-9-23)24(18-34)28(37)31-17-21-5-10-25(41-3)26(16-21)42-4/h5-12,15-16,19,24H,13-14,17-18H2,1-4H3,(H,31,37). The molecular formula is C29H33N7O6S. The van der Waals surface area contributed by atoms with Gasteiger partial charge in [0.1, 0.15) is 23.9 Å². The Labute approximate surface area is 250 Å². The third-order valence-corrected chi connectivity index (χ3v) is 9.03. The molecule has 1 saturated heterocycles. The smallest absolute Gasteiger partial charge is 0.243 e. The lowest BCUT2D eigenvalue weighted by molar-refractivity contribution is -0.125. The summed E-state index contributed by atoms with van der Waals surface area (Å²) in [5.41, 5.74) is 1.48. The van der Waals surface area contributed by atoms with Gasteiger partial charge in [-0.3, -0.25) is 9.36 Å². The molecule has 1 amide bonds. The number of carbonyl (C=O) groups is 1. The number of rotatable bonds is 10. The minimum absolute atomic E-state index is 0.0618. The molecule has 14 heteroatoms. The van der Waals surface area contributed by atoms with Crippen LogP contribution in [0.2, 0.25) is 0 Å². The number of methoxy groups -OCH3 is 3. The van der Waals surface area contributed by atoms with E-state index in [1.54, 1.807) is 54.7 Å². The summed E-state index contributed by atoms with van der Waals surface area (Å²) in [5.74, 6) is 2.17. The van der Waals surface area contributed by atoms with Crippen LogP contribution in [0.15, 0.2) is 72.1 Å². The summed E-state index contributed by atoms with van der Waals surface area (Å²) < 4.78 is 46.5. The highest BCUT2D eigenvalue weighted by molar-refractivity contribution is 7.89. The number of imidazole rings is 1. The summed E-state index contributed by atoms with van der Waals surface area (Å²) in [6, 6.07) is 12.2. The van der Waals surface area contributed by atoms with E-state index in [0.29, 0.717) is 35.6 Å². The molecule has 0 radical (unpaired) electrons. The molecule has 2 aromatic heterocycles. The number of ether oxygens (including phenoxy) is 3. The minimum atomic E-state index is -4.03. The van der Waals surface area contributed by atoms with E-state index in [-0.39, 0.29) is 24.5 Å². The van der Waals surface area contributed by atoms with E-state index in [1.807, 2.05) is 24.0 Å². The molecule has 1 fully saturated rings. The number of amides is 1. The lowest BCUT2D eigenvalue weighted by Crippen LogP contribution is -2.60. The van der Waals surface area contributed by atoms with Crippen LogP contribution in [0.3, 0.4) is 0 Å². The Kier molecular flexibility index (Phi) is 8.78. The van der Waals surface area contributed by atoms with Gasteiger partial charge >= 0.3 is 0 Å². The van der Waals surface area contributed by atoms with Crippen molar-refractivity contribution in [2.75, 3.05) is 45.9 Å². The Morgan fingerprint density at radius 2 is 1.74 bits per heavy atom. The van der Waals surface area contributed by atoms with Gasteiger partial charge in [0.15, 0.2) is 11.5 Å². The van der Waals surface area contributed by atoms with Crippen molar-refractivity contribution in [3.63, 3.8) is 0 Å². The van der Waals surface area contributed by atoms with Gasteiger partial charge in [-0.1, -0.05) is 6.07 Å².